The van der Waals surface area contributed by atoms with Gasteiger partial charge in [-0.25, -0.2) is 5.43 Å². The topological polar surface area (TPSA) is 73.8 Å². The van der Waals surface area contributed by atoms with E-state index >= 15 is 0 Å². The van der Waals surface area contributed by atoms with Gasteiger partial charge in [0.05, 0.1) is 0 Å². The molecule has 2 aliphatic rings. The van der Waals surface area contributed by atoms with Gasteiger partial charge in [-0.2, -0.15) is 5.10 Å². The standard InChI is InChI=1S/C11H18N4O2/c1-15(7-8-3-2-6-12-8)11(17)9-4-5-10(16)14-13-9/h8,12H,2-7H2,1H3,(H,14,16). The number of hydrogen-bond acceptors (Lipinski definition) is 4. The van der Waals surface area contributed by atoms with Gasteiger partial charge in [0.25, 0.3) is 5.91 Å². The first-order chi connectivity index (χ1) is 8.16. The molecule has 0 aliphatic carbocycles. The fourth-order valence-electron chi connectivity index (χ4n) is 2.17. The van der Waals surface area contributed by atoms with Crippen molar-refractivity contribution < 1.29 is 9.59 Å². The molecular formula is C11H18N4O2. The third-order valence-electron chi connectivity index (χ3n) is 3.15. The summed E-state index contributed by atoms with van der Waals surface area (Å²) in [4.78, 5) is 24.6. The Morgan fingerprint density at radius 1 is 1.53 bits per heavy atom. The van der Waals surface area contributed by atoms with Crippen LogP contribution in [0.5, 0.6) is 0 Å². The first-order valence-electron chi connectivity index (χ1n) is 6.01. The zero-order chi connectivity index (χ0) is 12.3. The highest BCUT2D eigenvalue weighted by Gasteiger charge is 2.24. The smallest absolute Gasteiger partial charge is 0.269 e. The summed E-state index contributed by atoms with van der Waals surface area (Å²) in [7, 11) is 1.78. The molecule has 0 aromatic carbocycles. The second kappa shape index (κ2) is 5.27. The number of nitrogens with one attached hydrogen (secondary N) is 2. The third-order valence-corrected chi connectivity index (χ3v) is 3.15. The van der Waals surface area contributed by atoms with Crippen LogP contribution in [0.2, 0.25) is 0 Å². The Kier molecular flexibility index (Phi) is 3.73. The number of carbonyl (C=O) groups excluding carboxylic acids is 2. The molecule has 0 spiro atoms. The van der Waals surface area contributed by atoms with Crippen molar-refractivity contribution in [1.29, 1.82) is 0 Å². The fourth-order valence-corrected chi connectivity index (χ4v) is 2.17. The molecule has 2 aliphatic heterocycles. The van der Waals surface area contributed by atoms with Gasteiger partial charge in [-0.15, -0.1) is 0 Å². The van der Waals surface area contributed by atoms with Gasteiger partial charge in [-0.1, -0.05) is 0 Å². The number of carbonyl (C=O) groups is 2. The van der Waals surface area contributed by atoms with Gasteiger partial charge in [-0.3, -0.25) is 9.59 Å². The van der Waals surface area contributed by atoms with Crippen molar-refractivity contribution in [3.05, 3.63) is 0 Å². The summed E-state index contributed by atoms with van der Waals surface area (Å²) in [5.74, 6) is -0.208. The molecule has 1 atom stereocenters. The number of rotatable bonds is 3. The average molecular weight is 238 g/mol. The van der Waals surface area contributed by atoms with E-state index in [0.717, 1.165) is 13.0 Å². The summed E-state index contributed by atoms with van der Waals surface area (Å²) in [5.41, 5.74) is 2.80. The zero-order valence-corrected chi connectivity index (χ0v) is 10.0. The lowest BCUT2D eigenvalue weighted by molar-refractivity contribution is -0.123. The number of amides is 2. The minimum atomic E-state index is -0.123. The monoisotopic (exact) mass is 238 g/mol. The molecule has 1 saturated heterocycles. The van der Waals surface area contributed by atoms with E-state index in [1.165, 1.54) is 6.42 Å². The highest BCUT2D eigenvalue weighted by Crippen LogP contribution is 2.08. The molecule has 94 valence electrons. The lowest BCUT2D eigenvalue weighted by Gasteiger charge is -2.23. The summed E-state index contributed by atoms with van der Waals surface area (Å²) < 4.78 is 0. The minimum Gasteiger partial charge on any atom is -0.339 e. The van der Waals surface area contributed by atoms with E-state index < -0.39 is 0 Å². The highest BCUT2D eigenvalue weighted by molar-refractivity contribution is 6.39. The molecule has 6 heteroatoms. The van der Waals surface area contributed by atoms with E-state index in [1.807, 2.05) is 0 Å². The van der Waals surface area contributed by atoms with Crippen molar-refractivity contribution in [1.82, 2.24) is 15.6 Å². The van der Waals surface area contributed by atoms with Crippen molar-refractivity contribution in [2.45, 2.75) is 31.7 Å². The first-order valence-corrected chi connectivity index (χ1v) is 6.01. The summed E-state index contributed by atoms with van der Waals surface area (Å²) in [6, 6.07) is 0.391. The van der Waals surface area contributed by atoms with E-state index in [2.05, 4.69) is 15.8 Å². The molecule has 2 amide bonds. The Labute approximate surface area is 100 Å². The van der Waals surface area contributed by atoms with Crippen LogP contribution in [-0.4, -0.2) is 48.6 Å². The van der Waals surface area contributed by atoms with Gasteiger partial charge in [0, 0.05) is 32.5 Å². The number of likely N-dealkylation sites (N-methyl/N-ethyl adjacent to an activating group) is 1. The van der Waals surface area contributed by atoms with Crippen LogP contribution >= 0.6 is 0 Å². The van der Waals surface area contributed by atoms with Crippen LogP contribution in [0.25, 0.3) is 0 Å². The molecule has 0 aromatic heterocycles. The summed E-state index contributed by atoms with van der Waals surface area (Å²) in [6.45, 7) is 1.73. The van der Waals surface area contributed by atoms with E-state index in [9.17, 15) is 9.59 Å². The van der Waals surface area contributed by atoms with E-state index in [1.54, 1.807) is 11.9 Å². The Hall–Kier alpha value is -1.43. The van der Waals surface area contributed by atoms with Crippen molar-refractivity contribution >= 4 is 17.5 Å². The van der Waals surface area contributed by atoms with Crippen molar-refractivity contribution in [3.8, 4) is 0 Å². The van der Waals surface area contributed by atoms with Crippen molar-refractivity contribution in [3.63, 3.8) is 0 Å². The van der Waals surface area contributed by atoms with Crippen LogP contribution in [0.4, 0.5) is 0 Å². The van der Waals surface area contributed by atoms with Crippen LogP contribution in [-0.2, 0) is 9.59 Å². The molecule has 2 heterocycles. The maximum absolute atomic E-state index is 12.0. The normalized spacial score (nSPS) is 24.2. The fraction of sp³-hybridized carbons (Fsp3) is 0.727. The first kappa shape index (κ1) is 12.0. The molecule has 0 bridgehead atoms. The second-order valence-electron chi connectivity index (χ2n) is 4.57. The second-order valence-corrected chi connectivity index (χ2v) is 4.57. The zero-order valence-electron chi connectivity index (χ0n) is 10.0. The predicted molar refractivity (Wildman–Crippen MR) is 63.5 cm³/mol. The van der Waals surface area contributed by atoms with Crippen LogP contribution < -0.4 is 10.7 Å². The van der Waals surface area contributed by atoms with E-state index in [4.69, 9.17) is 0 Å². The van der Waals surface area contributed by atoms with Crippen LogP contribution in [0.3, 0.4) is 0 Å². The van der Waals surface area contributed by atoms with Gasteiger partial charge in [0.2, 0.25) is 5.91 Å². The highest BCUT2D eigenvalue weighted by atomic mass is 16.2. The van der Waals surface area contributed by atoms with Crippen molar-refractivity contribution in [2.75, 3.05) is 20.1 Å². The molecule has 1 unspecified atom stereocenters. The Morgan fingerprint density at radius 2 is 2.35 bits per heavy atom. The van der Waals surface area contributed by atoms with Crippen LogP contribution in [0.15, 0.2) is 5.10 Å². The largest absolute Gasteiger partial charge is 0.339 e. The molecule has 0 radical (unpaired) electrons. The van der Waals surface area contributed by atoms with Crippen LogP contribution in [0, 0.1) is 0 Å². The summed E-state index contributed by atoms with van der Waals surface area (Å²) in [5, 5.41) is 7.16. The molecule has 6 nitrogen and oxygen atoms in total. The number of hydrogen-bond donors (Lipinski definition) is 2. The Balaban J connectivity index is 1.88. The lowest BCUT2D eigenvalue weighted by atomic mass is 10.1. The quantitative estimate of drug-likeness (QED) is 0.693. The Morgan fingerprint density at radius 3 is 2.94 bits per heavy atom. The number of hydrazone groups is 1. The molecule has 17 heavy (non-hydrogen) atoms. The van der Waals surface area contributed by atoms with Gasteiger partial charge < -0.3 is 10.2 Å². The van der Waals surface area contributed by atoms with Crippen molar-refractivity contribution in [2.24, 2.45) is 5.10 Å². The SMILES string of the molecule is CN(CC1CCCN1)C(=O)C1=NNC(=O)CC1. The minimum absolute atomic E-state index is 0.0845. The maximum atomic E-state index is 12.0. The third kappa shape index (κ3) is 3.03. The van der Waals surface area contributed by atoms with E-state index in [0.29, 0.717) is 31.1 Å². The average Bonchev–Trinajstić information content (AvgIpc) is 2.82. The summed E-state index contributed by atoms with van der Waals surface area (Å²) in [6.07, 6.45) is 3.07. The van der Waals surface area contributed by atoms with Gasteiger partial charge in [-0.05, 0) is 19.4 Å². The Bertz CT molecular complexity index is 347. The van der Waals surface area contributed by atoms with Gasteiger partial charge in [0.15, 0.2) is 0 Å². The van der Waals surface area contributed by atoms with E-state index in [-0.39, 0.29) is 11.8 Å². The lowest BCUT2D eigenvalue weighted by Crippen LogP contribution is -2.43. The predicted octanol–water partition coefficient (Wildman–Crippen LogP) is -0.537. The van der Waals surface area contributed by atoms with Gasteiger partial charge in [0.1, 0.15) is 5.71 Å². The van der Waals surface area contributed by atoms with Crippen LogP contribution in [0.1, 0.15) is 25.7 Å². The molecule has 0 saturated carbocycles. The molecule has 2 N–H and O–H groups in total. The number of nitrogens with zero attached hydrogens (tertiary/aromatic N) is 2. The molecular weight excluding hydrogens is 220 g/mol. The molecule has 2 rings (SSSR count). The summed E-state index contributed by atoms with van der Waals surface area (Å²) >= 11 is 0. The van der Waals surface area contributed by atoms with Gasteiger partial charge >= 0.3 is 0 Å². The molecule has 1 fully saturated rings. The maximum Gasteiger partial charge on any atom is 0.269 e. The molecule has 0 aromatic rings.